The zero-order chi connectivity index (χ0) is 20.5. The number of carbonyl (C=O) groups is 3. The van der Waals surface area contributed by atoms with Gasteiger partial charge in [-0.15, -0.1) is 0 Å². The quantitative estimate of drug-likeness (QED) is 0.506. The number of benzene rings is 2. The third kappa shape index (κ3) is 3.31. The molecule has 3 aromatic rings. The molecular formula is C22H19N3O4. The highest BCUT2D eigenvalue weighted by atomic mass is 16.5. The number of Topliss-reactive ketones (excluding diaryl/α,β-unsaturated/α-hetero) is 1. The summed E-state index contributed by atoms with van der Waals surface area (Å²) in [6, 6.07) is 16.1. The Bertz CT molecular complexity index is 1100. The van der Waals surface area contributed by atoms with Crippen molar-refractivity contribution in [2.45, 2.75) is 20.0 Å². The molecule has 146 valence electrons. The Morgan fingerprint density at radius 1 is 1.07 bits per heavy atom. The van der Waals surface area contributed by atoms with Crippen LogP contribution in [0.25, 0.3) is 5.69 Å². The molecule has 2 heterocycles. The van der Waals surface area contributed by atoms with E-state index >= 15 is 0 Å². The van der Waals surface area contributed by atoms with E-state index in [2.05, 4.69) is 5.10 Å². The Hall–Kier alpha value is -3.74. The fraction of sp³-hybridized carbons (Fsp3) is 0.182. The number of ether oxygens (including phenoxy) is 1. The predicted molar refractivity (Wildman–Crippen MR) is 105 cm³/mol. The third-order valence-corrected chi connectivity index (χ3v) is 4.89. The Morgan fingerprint density at radius 3 is 2.52 bits per heavy atom. The molecular weight excluding hydrogens is 370 g/mol. The van der Waals surface area contributed by atoms with E-state index < -0.39 is 17.9 Å². The summed E-state index contributed by atoms with van der Waals surface area (Å²) in [5.74, 6) is -1.12. The lowest BCUT2D eigenvalue weighted by atomic mass is 10.1. The number of hydrogen-bond donors (Lipinski definition) is 0. The highest BCUT2D eigenvalue weighted by molar-refractivity contribution is 6.12. The molecule has 0 unspecified atom stereocenters. The Labute approximate surface area is 167 Å². The SMILES string of the molecule is Cc1c(C(=O)CN2C(=O)c3ccccc3O[C@@H](C)C2=O)cnn1-c1ccccc1. The Balaban J connectivity index is 1.64. The Kier molecular flexibility index (Phi) is 4.72. The number of para-hydroxylation sites is 2. The summed E-state index contributed by atoms with van der Waals surface area (Å²) in [6.07, 6.45) is 0.592. The van der Waals surface area contributed by atoms with E-state index in [-0.39, 0.29) is 17.9 Å². The highest BCUT2D eigenvalue weighted by Gasteiger charge is 2.35. The van der Waals surface area contributed by atoms with Crippen LogP contribution in [-0.4, -0.2) is 44.9 Å². The monoisotopic (exact) mass is 389 g/mol. The van der Waals surface area contributed by atoms with Crippen molar-refractivity contribution in [3.05, 3.63) is 77.6 Å². The van der Waals surface area contributed by atoms with Crippen molar-refractivity contribution in [1.82, 2.24) is 14.7 Å². The van der Waals surface area contributed by atoms with Crippen LogP contribution in [-0.2, 0) is 4.79 Å². The van der Waals surface area contributed by atoms with E-state index in [1.165, 1.54) is 6.20 Å². The van der Waals surface area contributed by atoms with Crippen molar-refractivity contribution in [2.24, 2.45) is 0 Å². The lowest BCUT2D eigenvalue weighted by Crippen LogP contribution is -2.44. The zero-order valence-electron chi connectivity index (χ0n) is 16.0. The van der Waals surface area contributed by atoms with Crippen molar-refractivity contribution in [3.63, 3.8) is 0 Å². The fourth-order valence-electron chi connectivity index (χ4n) is 3.34. The summed E-state index contributed by atoms with van der Waals surface area (Å²) >= 11 is 0. The van der Waals surface area contributed by atoms with Crippen LogP contribution >= 0.6 is 0 Å². The second-order valence-electron chi connectivity index (χ2n) is 6.80. The first kappa shape index (κ1) is 18.6. The van der Waals surface area contributed by atoms with Crippen LogP contribution in [0, 0.1) is 6.92 Å². The van der Waals surface area contributed by atoms with E-state index in [9.17, 15) is 14.4 Å². The molecule has 0 saturated carbocycles. The second kappa shape index (κ2) is 7.35. The van der Waals surface area contributed by atoms with Crippen LogP contribution < -0.4 is 4.74 Å². The number of amides is 2. The van der Waals surface area contributed by atoms with Gasteiger partial charge in [0, 0.05) is 0 Å². The lowest BCUT2D eigenvalue weighted by Gasteiger charge is -2.19. The summed E-state index contributed by atoms with van der Waals surface area (Å²) in [6.45, 7) is 2.97. The number of imide groups is 1. The standard InChI is InChI=1S/C22H19N3O4/c1-14-18(12-23-25(14)16-8-4-3-5-9-16)19(26)13-24-21(27)15(2)29-20-11-7-6-10-17(20)22(24)28/h3-12,15H,13H2,1-2H3/t15-/m0/s1. The van der Waals surface area contributed by atoms with Gasteiger partial charge in [0.15, 0.2) is 11.9 Å². The van der Waals surface area contributed by atoms with Crippen LogP contribution in [0.1, 0.15) is 33.3 Å². The summed E-state index contributed by atoms with van der Waals surface area (Å²) in [5.41, 5.74) is 2.08. The topological polar surface area (TPSA) is 81.5 Å². The van der Waals surface area contributed by atoms with Gasteiger partial charge >= 0.3 is 0 Å². The van der Waals surface area contributed by atoms with Gasteiger partial charge < -0.3 is 4.74 Å². The number of rotatable bonds is 4. The predicted octanol–water partition coefficient (Wildman–Crippen LogP) is 2.81. The number of nitrogens with zero attached hydrogens (tertiary/aromatic N) is 3. The average Bonchev–Trinajstić information content (AvgIpc) is 3.09. The van der Waals surface area contributed by atoms with Gasteiger partial charge in [-0.3, -0.25) is 19.3 Å². The van der Waals surface area contributed by atoms with Gasteiger partial charge in [-0.25, -0.2) is 4.68 Å². The molecule has 7 heteroatoms. The van der Waals surface area contributed by atoms with Gasteiger partial charge in [-0.1, -0.05) is 30.3 Å². The first-order valence-corrected chi connectivity index (χ1v) is 9.22. The largest absolute Gasteiger partial charge is 0.480 e. The van der Waals surface area contributed by atoms with Gasteiger partial charge in [0.25, 0.3) is 11.8 Å². The minimum Gasteiger partial charge on any atom is -0.480 e. The fourth-order valence-corrected chi connectivity index (χ4v) is 3.34. The number of fused-ring (bicyclic) bond motifs is 1. The van der Waals surface area contributed by atoms with Crippen LogP contribution in [0.5, 0.6) is 5.75 Å². The van der Waals surface area contributed by atoms with Crippen LogP contribution in [0.15, 0.2) is 60.8 Å². The number of carbonyl (C=O) groups excluding carboxylic acids is 3. The van der Waals surface area contributed by atoms with E-state index in [4.69, 9.17) is 4.74 Å². The molecule has 0 fully saturated rings. The summed E-state index contributed by atoms with van der Waals surface area (Å²) in [7, 11) is 0. The van der Waals surface area contributed by atoms with Crippen LogP contribution in [0.3, 0.4) is 0 Å². The molecule has 0 saturated heterocycles. The van der Waals surface area contributed by atoms with E-state index in [0.29, 0.717) is 17.0 Å². The van der Waals surface area contributed by atoms with Gasteiger partial charge in [0.05, 0.1) is 35.2 Å². The zero-order valence-corrected chi connectivity index (χ0v) is 16.0. The van der Waals surface area contributed by atoms with E-state index in [0.717, 1.165) is 10.6 Å². The van der Waals surface area contributed by atoms with Gasteiger partial charge in [-0.05, 0) is 38.1 Å². The van der Waals surface area contributed by atoms with Crippen molar-refractivity contribution in [3.8, 4) is 11.4 Å². The van der Waals surface area contributed by atoms with Gasteiger partial charge in [0.1, 0.15) is 5.75 Å². The lowest BCUT2D eigenvalue weighted by molar-refractivity contribution is -0.134. The van der Waals surface area contributed by atoms with Crippen molar-refractivity contribution >= 4 is 17.6 Å². The maximum atomic E-state index is 13.0. The molecule has 0 N–H and O–H groups in total. The molecule has 1 aliphatic heterocycles. The molecule has 0 spiro atoms. The maximum absolute atomic E-state index is 13.0. The summed E-state index contributed by atoms with van der Waals surface area (Å²) < 4.78 is 7.26. The van der Waals surface area contributed by atoms with E-state index in [1.54, 1.807) is 42.8 Å². The molecule has 1 aliphatic rings. The number of hydrogen-bond acceptors (Lipinski definition) is 5. The molecule has 4 rings (SSSR count). The van der Waals surface area contributed by atoms with Crippen molar-refractivity contribution < 1.29 is 19.1 Å². The molecule has 0 aliphatic carbocycles. The van der Waals surface area contributed by atoms with Crippen molar-refractivity contribution in [2.75, 3.05) is 6.54 Å². The molecule has 7 nitrogen and oxygen atoms in total. The van der Waals surface area contributed by atoms with Gasteiger partial charge in [-0.2, -0.15) is 5.10 Å². The molecule has 0 radical (unpaired) electrons. The average molecular weight is 389 g/mol. The maximum Gasteiger partial charge on any atom is 0.270 e. The summed E-state index contributed by atoms with van der Waals surface area (Å²) in [5, 5.41) is 4.29. The number of aromatic nitrogens is 2. The Morgan fingerprint density at radius 2 is 1.76 bits per heavy atom. The van der Waals surface area contributed by atoms with Crippen LogP contribution in [0.2, 0.25) is 0 Å². The smallest absolute Gasteiger partial charge is 0.270 e. The first-order chi connectivity index (χ1) is 14.0. The molecule has 0 bridgehead atoms. The van der Waals surface area contributed by atoms with Crippen molar-refractivity contribution in [1.29, 1.82) is 0 Å². The molecule has 2 aromatic carbocycles. The van der Waals surface area contributed by atoms with Crippen LogP contribution in [0.4, 0.5) is 0 Å². The normalized spacial score (nSPS) is 16.2. The molecule has 1 aromatic heterocycles. The highest BCUT2D eigenvalue weighted by Crippen LogP contribution is 2.26. The minimum atomic E-state index is -0.872. The first-order valence-electron chi connectivity index (χ1n) is 9.22. The molecule has 29 heavy (non-hydrogen) atoms. The van der Waals surface area contributed by atoms with E-state index in [1.807, 2.05) is 30.3 Å². The second-order valence-corrected chi connectivity index (χ2v) is 6.80. The third-order valence-electron chi connectivity index (χ3n) is 4.89. The number of ketones is 1. The minimum absolute atomic E-state index is 0.259. The van der Waals surface area contributed by atoms with Gasteiger partial charge in [0.2, 0.25) is 0 Å². The summed E-state index contributed by atoms with van der Waals surface area (Å²) in [4.78, 5) is 39.5. The molecule has 2 amide bonds. The molecule has 1 atom stereocenters.